The molecule has 1 amide bonds. The number of sulfonamides is 1. The molecule has 1 unspecified atom stereocenters. The molecule has 7 heteroatoms. The highest BCUT2D eigenvalue weighted by Crippen LogP contribution is 2.20. The Hall–Kier alpha value is -1.11. The summed E-state index contributed by atoms with van der Waals surface area (Å²) in [6, 6.07) is 3.81. The summed E-state index contributed by atoms with van der Waals surface area (Å²) in [4.78, 5) is 11.9. The van der Waals surface area contributed by atoms with Crippen molar-refractivity contribution in [2.45, 2.75) is 25.7 Å². The highest BCUT2D eigenvalue weighted by Gasteiger charge is 2.16. The largest absolute Gasteiger partial charge is 0.352 e. The monoisotopic (exact) mass is 318 g/mol. The molecule has 3 N–H and O–H groups in total. The maximum atomic E-state index is 12.0. The smallest absolute Gasteiger partial charge is 0.252 e. The lowest BCUT2D eigenvalue weighted by Gasteiger charge is -2.16. The van der Waals surface area contributed by atoms with Crippen LogP contribution in [0, 0.1) is 11.8 Å². The van der Waals surface area contributed by atoms with Crippen molar-refractivity contribution in [3.05, 3.63) is 28.8 Å². The fraction of sp³-hybridized carbons (Fsp3) is 0.462. The number of halogens is 1. The zero-order valence-electron chi connectivity index (χ0n) is 11.7. The second-order valence-electron chi connectivity index (χ2n) is 5.12. The molecular formula is C13H19ClN2O3S. The Bertz CT molecular complexity index is 600. The molecular weight excluding hydrogens is 300 g/mol. The number of benzene rings is 1. The van der Waals surface area contributed by atoms with Gasteiger partial charge in [-0.1, -0.05) is 32.4 Å². The minimum absolute atomic E-state index is 0.106. The second kappa shape index (κ2) is 6.56. The van der Waals surface area contributed by atoms with Gasteiger partial charge in [0.2, 0.25) is 10.0 Å². The van der Waals surface area contributed by atoms with Crippen LogP contribution < -0.4 is 10.5 Å². The zero-order valence-corrected chi connectivity index (χ0v) is 13.3. The van der Waals surface area contributed by atoms with Gasteiger partial charge in [-0.15, -0.1) is 0 Å². The summed E-state index contributed by atoms with van der Waals surface area (Å²) in [5.74, 6) is 0.327. The van der Waals surface area contributed by atoms with Crippen LogP contribution in [0.5, 0.6) is 0 Å². The number of carbonyl (C=O) groups is 1. The molecule has 0 spiro atoms. The molecule has 0 heterocycles. The van der Waals surface area contributed by atoms with Crippen molar-refractivity contribution in [3.8, 4) is 0 Å². The summed E-state index contributed by atoms with van der Waals surface area (Å²) in [6.07, 6.45) is 0. The van der Waals surface area contributed by atoms with E-state index in [4.69, 9.17) is 16.7 Å². The van der Waals surface area contributed by atoms with E-state index in [1.54, 1.807) is 0 Å². The summed E-state index contributed by atoms with van der Waals surface area (Å²) < 4.78 is 22.6. The number of amides is 1. The van der Waals surface area contributed by atoms with Crippen LogP contribution in [0.4, 0.5) is 0 Å². The van der Waals surface area contributed by atoms with Crippen molar-refractivity contribution in [2.24, 2.45) is 17.0 Å². The van der Waals surface area contributed by atoms with E-state index in [1.165, 1.54) is 18.2 Å². The number of hydrogen-bond acceptors (Lipinski definition) is 3. The lowest BCUT2D eigenvalue weighted by atomic mass is 9.98. The van der Waals surface area contributed by atoms with Gasteiger partial charge < -0.3 is 5.32 Å². The molecule has 112 valence electrons. The van der Waals surface area contributed by atoms with Gasteiger partial charge in [-0.2, -0.15) is 0 Å². The predicted molar refractivity (Wildman–Crippen MR) is 79.2 cm³/mol. The van der Waals surface area contributed by atoms with Crippen LogP contribution >= 0.6 is 11.6 Å². The molecule has 1 aromatic carbocycles. The van der Waals surface area contributed by atoms with E-state index in [9.17, 15) is 13.2 Å². The number of rotatable bonds is 5. The minimum Gasteiger partial charge on any atom is -0.352 e. The SMILES string of the molecule is CC(C)C(C)CNC(=O)c1cc(S(N)(=O)=O)ccc1Cl. The fourth-order valence-electron chi connectivity index (χ4n) is 1.44. The van der Waals surface area contributed by atoms with Crippen LogP contribution in [-0.4, -0.2) is 20.9 Å². The lowest BCUT2D eigenvalue weighted by molar-refractivity contribution is 0.0945. The number of nitrogens with two attached hydrogens (primary N) is 1. The summed E-state index contributed by atoms with van der Waals surface area (Å²) >= 11 is 5.92. The quantitative estimate of drug-likeness (QED) is 0.870. The van der Waals surface area contributed by atoms with E-state index >= 15 is 0 Å². The molecule has 20 heavy (non-hydrogen) atoms. The molecule has 5 nitrogen and oxygen atoms in total. The molecule has 1 rings (SSSR count). The lowest BCUT2D eigenvalue weighted by Crippen LogP contribution is -2.30. The Balaban J connectivity index is 2.93. The van der Waals surface area contributed by atoms with E-state index in [1.807, 2.05) is 6.92 Å². The van der Waals surface area contributed by atoms with E-state index < -0.39 is 15.9 Å². The Kier molecular flexibility index (Phi) is 5.56. The van der Waals surface area contributed by atoms with Gasteiger partial charge in [-0.05, 0) is 30.0 Å². The van der Waals surface area contributed by atoms with Crippen molar-refractivity contribution < 1.29 is 13.2 Å². The van der Waals surface area contributed by atoms with Crippen molar-refractivity contribution in [1.82, 2.24) is 5.32 Å². The third-order valence-corrected chi connectivity index (χ3v) is 4.47. The van der Waals surface area contributed by atoms with Gasteiger partial charge in [0.25, 0.3) is 5.91 Å². The first-order valence-electron chi connectivity index (χ1n) is 6.23. The van der Waals surface area contributed by atoms with Gasteiger partial charge in [-0.3, -0.25) is 4.79 Å². The van der Waals surface area contributed by atoms with Gasteiger partial charge in [0.1, 0.15) is 0 Å². The van der Waals surface area contributed by atoms with E-state index in [0.29, 0.717) is 18.4 Å². The third-order valence-electron chi connectivity index (χ3n) is 3.23. The van der Waals surface area contributed by atoms with Gasteiger partial charge in [0.05, 0.1) is 15.5 Å². The second-order valence-corrected chi connectivity index (χ2v) is 7.09. The summed E-state index contributed by atoms with van der Waals surface area (Å²) in [5.41, 5.74) is 0.106. The minimum atomic E-state index is -3.86. The molecule has 0 aromatic heterocycles. The van der Waals surface area contributed by atoms with Crippen molar-refractivity contribution >= 4 is 27.5 Å². The number of nitrogens with one attached hydrogen (secondary N) is 1. The number of hydrogen-bond donors (Lipinski definition) is 2. The Morgan fingerprint density at radius 3 is 2.45 bits per heavy atom. The van der Waals surface area contributed by atoms with E-state index in [0.717, 1.165) is 0 Å². The standard InChI is InChI=1S/C13H19ClN2O3S/c1-8(2)9(3)7-16-13(17)11-6-10(20(15,18)19)4-5-12(11)14/h4-6,8-9H,7H2,1-3H3,(H,16,17)(H2,15,18,19). The maximum Gasteiger partial charge on any atom is 0.252 e. The maximum absolute atomic E-state index is 12.0. The molecule has 0 radical (unpaired) electrons. The average Bonchev–Trinajstić information content (AvgIpc) is 2.34. The first-order valence-corrected chi connectivity index (χ1v) is 8.16. The zero-order chi connectivity index (χ0) is 15.5. The van der Waals surface area contributed by atoms with Crippen LogP contribution in [0.2, 0.25) is 5.02 Å². The molecule has 0 saturated carbocycles. The Morgan fingerprint density at radius 1 is 1.35 bits per heavy atom. The average molecular weight is 319 g/mol. The van der Waals surface area contributed by atoms with Gasteiger partial charge in [0.15, 0.2) is 0 Å². The Morgan fingerprint density at radius 2 is 1.95 bits per heavy atom. The van der Waals surface area contributed by atoms with Gasteiger partial charge in [0, 0.05) is 6.54 Å². The summed E-state index contributed by atoms with van der Waals surface area (Å²) in [6.45, 7) is 6.64. The number of carbonyl (C=O) groups excluding carboxylic acids is 1. The molecule has 0 aliphatic heterocycles. The highest BCUT2D eigenvalue weighted by atomic mass is 35.5. The van der Waals surface area contributed by atoms with Crippen molar-refractivity contribution in [1.29, 1.82) is 0 Å². The first-order chi connectivity index (χ1) is 9.12. The normalized spacial score (nSPS) is 13.3. The summed E-state index contributed by atoms with van der Waals surface area (Å²) in [7, 11) is -3.86. The molecule has 1 atom stereocenters. The molecule has 0 aliphatic carbocycles. The molecule has 0 fully saturated rings. The first kappa shape index (κ1) is 16.9. The topological polar surface area (TPSA) is 89.3 Å². The van der Waals surface area contributed by atoms with Crippen LogP contribution in [0.15, 0.2) is 23.1 Å². The summed E-state index contributed by atoms with van der Waals surface area (Å²) in [5, 5.41) is 7.96. The molecule has 0 bridgehead atoms. The van der Waals surface area contributed by atoms with E-state index in [2.05, 4.69) is 19.2 Å². The third kappa shape index (κ3) is 4.47. The van der Waals surface area contributed by atoms with Crippen LogP contribution in [-0.2, 0) is 10.0 Å². The van der Waals surface area contributed by atoms with E-state index in [-0.39, 0.29) is 15.5 Å². The van der Waals surface area contributed by atoms with Gasteiger partial charge >= 0.3 is 0 Å². The van der Waals surface area contributed by atoms with Crippen LogP contribution in [0.3, 0.4) is 0 Å². The van der Waals surface area contributed by atoms with Crippen LogP contribution in [0.1, 0.15) is 31.1 Å². The van der Waals surface area contributed by atoms with Crippen molar-refractivity contribution in [3.63, 3.8) is 0 Å². The molecule has 0 aliphatic rings. The Labute approximate surface area is 124 Å². The van der Waals surface area contributed by atoms with Gasteiger partial charge in [-0.25, -0.2) is 13.6 Å². The van der Waals surface area contributed by atoms with Crippen LogP contribution in [0.25, 0.3) is 0 Å². The number of primary sulfonamides is 1. The van der Waals surface area contributed by atoms with Crippen molar-refractivity contribution in [2.75, 3.05) is 6.54 Å². The highest BCUT2D eigenvalue weighted by molar-refractivity contribution is 7.89. The predicted octanol–water partition coefficient (Wildman–Crippen LogP) is 2.01. The fourth-order valence-corrected chi connectivity index (χ4v) is 2.18. The molecule has 1 aromatic rings. The molecule has 0 saturated heterocycles.